The number of halogens is 1. The molecular weight excluding hydrogens is 228 g/mol. The SMILES string of the molecule is Cc1nn(Cc2ccc(Cl)s2)c(C)c1C. The zero-order valence-corrected chi connectivity index (χ0v) is 10.6. The van der Waals surface area contributed by atoms with Gasteiger partial charge in [-0.25, -0.2) is 0 Å². The summed E-state index contributed by atoms with van der Waals surface area (Å²) in [7, 11) is 0. The highest BCUT2D eigenvalue weighted by atomic mass is 35.5. The molecule has 0 atom stereocenters. The highest BCUT2D eigenvalue weighted by Gasteiger charge is 2.08. The molecule has 0 radical (unpaired) electrons. The summed E-state index contributed by atoms with van der Waals surface area (Å²) in [5.74, 6) is 0. The topological polar surface area (TPSA) is 17.8 Å². The number of nitrogens with zero attached hydrogens (tertiary/aromatic N) is 2. The molecule has 2 rings (SSSR count). The lowest BCUT2D eigenvalue weighted by molar-refractivity contribution is 0.665. The van der Waals surface area contributed by atoms with E-state index in [1.54, 1.807) is 11.3 Å². The molecule has 0 bridgehead atoms. The van der Waals surface area contributed by atoms with Crippen LogP contribution in [0, 0.1) is 20.8 Å². The molecule has 80 valence electrons. The van der Waals surface area contributed by atoms with E-state index < -0.39 is 0 Å². The number of thiophene rings is 1. The number of aryl methyl sites for hydroxylation is 1. The first-order valence-corrected chi connectivity index (χ1v) is 6.02. The third-order valence-corrected chi connectivity index (χ3v) is 3.89. The normalized spacial score (nSPS) is 10.9. The lowest BCUT2D eigenvalue weighted by Gasteiger charge is -2.01. The zero-order valence-electron chi connectivity index (χ0n) is 9.04. The smallest absolute Gasteiger partial charge is 0.0931 e. The van der Waals surface area contributed by atoms with Gasteiger partial charge >= 0.3 is 0 Å². The van der Waals surface area contributed by atoms with Gasteiger partial charge < -0.3 is 0 Å². The van der Waals surface area contributed by atoms with Gasteiger partial charge in [0, 0.05) is 10.6 Å². The first-order chi connectivity index (χ1) is 7.08. The van der Waals surface area contributed by atoms with Crippen LogP contribution in [0.5, 0.6) is 0 Å². The molecule has 0 aliphatic heterocycles. The van der Waals surface area contributed by atoms with Crippen molar-refractivity contribution in [2.75, 3.05) is 0 Å². The Kier molecular flexibility index (Phi) is 2.85. The fourth-order valence-electron chi connectivity index (χ4n) is 1.52. The van der Waals surface area contributed by atoms with E-state index in [0.29, 0.717) is 0 Å². The predicted molar refractivity (Wildman–Crippen MR) is 64.9 cm³/mol. The third-order valence-electron chi connectivity index (χ3n) is 2.68. The van der Waals surface area contributed by atoms with E-state index in [9.17, 15) is 0 Å². The lowest BCUT2D eigenvalue weighted by Crippen LogP contribution is -2.02. The van der Waals surface area contributed by atoms with Gasteiger partial charge in [0.15, 0.2) is 0 Å². The molecule has 0 aromatic carbocycles. The molecular formula is C11H13ClN2S. The fraction of sp³-hybridized carbons (Fsp3) is 0.364. The van der Waals surface area contributed by atoms with Crippen molar-refractivity contribution in [1.29, 1.82) is 0 Å². The van der Waals surface area contributed by atoms with Crippen molar-refractivity contribution < 1.29 is 0 Å². The van der Waals surface area contributed by atoms with Crippen LogP contribution in [0.1, 0.15) is 21.8 Å². The largest absolute Gasteiger partial charge is 0.264 e. The monoisotopic (exact) mass is 240 g/mol. The predicted octanol–water partition coefficient (Wildman–Crippen LogP) is 3.57. The van der Waals surface area contributed by atoms with Gasteiger partial charge in [-0.1, -0.05) is 11.6 Å². The Labute approximate surface area is 98.5 Å². The first kappa shape index (κ1) is 10.7. The molecule has 0 saturated carbocycles. The Hall–Kier alpha value is -0.800. The van der Waals surface area contributed by atoms with Crippen molar-refractivity contribution in [3.8, 4) is 0 Å². The maximum Gasteiger partial charge on any atom is 0.0931 e. The maximum absolute atomic E-state index is 5.89. The van der Waals surface area contributed by atoms with Gasteiger partial charge in [0.05, 0.1) is 16.6 Å². The quantitative estimate of drug-likeness (QED) is 0.785. The van der Waals surface area contributed by atoms with Crippen molar-refractivity contribution in [2.24, 2.45) is 0 Å². The summed E-state index contributed by atoms with van der Waals surface area (Å²) in [6.45, 7) is 7.07. The van der Waals surface area contributed by atoms with E-state index in [1.165, 1.54) is 16.1 Å². The molecule has 2 nitrogen and oxygen atoms in total. The van der Waals surface area contributed by atoms with E-state index >= 15 is 0 Å². The van der Waals surface area contributed by atoms with Crippen LogP contribution in [0.2, 0.25) is 4.34 Å². The van der Waals surface area contributed by atoms with Crippen molar-refractivity contribution in [3.63, 3.8) is 0 Å². The first-order valence-electron chi connectivity index (χ1n) is 4.82. The minimum Gasteiger partial charge on any atom is -0.264 e. The molecule has 0 fully saturated rings. The third kappa shape index (κ3) is 2.08. The summed E-state index contributed by atoms with van der Waals surface area (Å²) >= 11 is 7.50. The summed E-state index contributed by atoms with van der Waals surface area (Å²) in [6.07, 6.45) is 0. The Morgan fingerprint density at radius 3 is 2.53 bits per heavy atom. The second-order valence-corrected chi connectivity index (χ2v) is 5.46. The molecule has 0 spiro atoms. The molecule has 4 heteroatoms. The van der Waals surface area contributed by atoms with Gasteiger partial charge in [0.2, 0.25) is 0 Å². The zero-order chi connectivity index (χ0) is 11.0. The van der Waals surface area contributed by atoms with Gasteiger partial charge in [0.25, 0.3) is 0 Å². The van der Waals surface area contributed by atoms with Crippen LogP contribution in [0.4, 0.5) is 0 Å². The minimum absolute atomic E-state index is 0.817. The van der Waals surface area contributed by atoms with Gasteiger partial charge in [-0.2, -0.15) is 5.10 Å². The molecule has 0 aliphatic carbocycles. The average molecular weight is 241 g/mol. The van der Waals surface area contributed by atoms with Crippen LogP contribution in [0.15, 0.2) is 12.1 Å². The summed E-state index contributed by atoms with van der Waals surface area (Å²) in [5.41, 5.74) is 3.62. The van der Waals surface area contributed by atoms with Crippen LogP contribution >= 0.6 is 22.9 Å². The molecule has 15 heavy (non-hydrogen) atoms. The minimum atomic E-state index is 0.817. The van der Waals surface area contributed by atoms with Gasteiger partial charge in [0.1, 0.15) is 0 Å². The lowest BCUT2D eigenvalue weighted by atomic mass is 10.2. The second kappa shape index (κ2) is 3.99. The van der Waals surface area contributed by atoms with Gasteiger partial charge in [-0.05, 0) is 38.5 Å². The number of hydrogen-bond acceptors (Lipinski definition) is 2. The molecule has 0 unspecified atom stereocenters. The number of aromatic nitrogens is 2. The second-order valence-electron chi connectivity index (χ2n) is 3.66. The summed E-state index contributed by atoms with van der Waals surface area (Å²) in [5, 5.41) is 4.49. The Bertz CT molecular complexity index is 485. The van der Waals surface area contributed by atoms with Crippen LogP contribution < -0.4 is 0 Å². The molecule has 0 N–H and O–H groups in total. The van der Waals surface area contributed by atoms with Gasteiger partial charge in [-0.3, -0.25) is 4.68 Å². The van der Waals surface area contributed by atoms with Crippen molar-refractivity contribution in [1.82, 2.24) is 9.78 Å². The van der Waals surface area contributed by atoms with Crippen molar-refractivity contribution >= 4 is 22.9 Å². The molecule has 2 aromatic rings. The number of rotatable bonds is 2. The van der Waals surface area contributed by atoms with Crippen LogP contribution in [0.3, 0.4) is 0 Å². The summed E-state index contributed by atoms with van der Waals surface area (Å²) in [6, 6.07) is 3.99. The standard InChI is InChI=1S/C11H13ClN2S/c1-7-8(2)13-14(9(7)3)6-10-4-5-11(12)15-10/h4-5H,6H2,1-3H3. The highest BCUT2D eigenvalue weighted by molar-refractivity contribution is 7.16. The van der Waals surface area contributed by atoms with Crippen molar-refractivity contribution in [3.05, 3.63) is 38.3 Å². The maximum atomic E-state index is 5.89. The van der Waals surface area contributed by atoms with E-state index in [4.69, 9.17) is 11.6 Å². The van der Waals surface area contributed by atoms with E-state index in [-0.39, 0.29) is 0 Å². The molecule has 2 aromatic heterocycles. The van der Waals surface area contributed by atoms with E-state index in [1.807, 2.05) is 17.7 Å². The van der Waals surface area contributed by atoms with E-state index in [2.05, 4.69) is 25.0 Å². The van der Waals surface area contributed by atoms with Crippen LogP contribution in [-0.4, -0.2) is 9.78 Å². The van der Waals surface area contributed by atoms with Crippen LogP contribution in [0.25, 0.3) is 0 Å². The molecule has 2 heterocycles. The molecule has 0 aliphatic rings. The van der Waals surface area contributed by atoms with Crippen LogP contribution in [-0.2, 0) is 6.54 Å². The number of hydrogen-bond donors (Lipinski definition) is 0. The summed E-state index contributed by atoms with van der Waals surface area (Å²) in [4.78, 5) is 1.24. The molecule has 0 amide bonds. The van der Waals surface area contributed by atoms with E-state index in [0.717, 1.165) is 16.6 Å². The Balaban J connectivity index is 2.28. The Morgan fingerprint density at radius 2 is 2.07 bits per heavy atom. The average Bonchev–Trinajstić information content (AvgIpc) is 2.68. The highest BCUT2D eigenvalue weighted by Crippen LogP contribution is 2.23. The Morgan fingerprint density at radius 1 is 1.33 bits per heavy atom. The molecule has 0 saturated heterocycles. The fourth-order valence-corrected chi connectivity index (χ4v) is 2.59. The van der Waals surface area contributed by atoms with Gasteiger partial charge in [-0.15, -0.1) is 11.3 Å². The van der Waals surface area contributed by atoms with Crippen molar-refractivity contribution in [2.45, 2.75) is 27.3 Å². The summed E-state index contributed by atoms with van der Waals surface area (Å²) < 4.78 is 2.87.